The number of aryl methyl sites for hydroxylation is 1. The van der Waals surface area contributed by atoms with E-state index in [1.54, 1.807) is 29.8 Å². The molecule has 7 heteroatoms. The molecule has 0 saturated heterocycles. The fourth-order valence-electron chi connectivity index (χ4n) is 2.83. The van der Waals surface area contributed by atoms with E-state index in [2.05, 4.69) is 5.10 Å². The number of likely N-dealkylation sites (N-methyl/N-ethyl adjacent to an activating group) is 1. The fraction of sp³-hybridized carbons (Fsp3) is 0.286. The minimum atomic E-state index is -0.119. The summed E-state index contributed by atoms with van der Waals surface area (Å²) in [6, 6.07) is 14.6. The predicted octanol–water partition coefficient (Wildman–Crippen LogP) is 2.33. The van der Waals surface area contributed by atoms with E-state index in [9.17, 15) is 9.59 Å². The number of ether oxygens (including phenoxy) is 2. The number of benzene rings is 2. The van der Waals surface area contributed by atoms with E-state index in [1.807, 2.05) is 42.5 Å². The number of hydrogen-bond acceptors (Lipinski definition) is 5. The first kappa shape index (κ1) is 19.4. The molecule has 0 aliphatic rings. The molecular weight excluding hydrogens is 358 g/mol. The van der Waals surface area contributed by atoms with Crippen LogP contribution in [0.15, 0.2) is 59.5 Å². The van der Waals surface area contributed by atoms with Crippen LogP contribution >= 0.6 is 0 Å². The molecule has 0 aliphatic carbocycles. The number of nitrogens with zero attached hydrogens (tertiary/aromatic N) is 3. The van der Waals surface area contributed by atoms with Gasteiger partial charge in [-0.25, -0.2) is 0 Å². The molecule has 0 N–H and O–H groups in total. The minimum absolute atomic E-state index is 0.0112. The Hall–Kier alpha value is -3.35. The smallest absolute Gasteiger partial charge is 0.224 e. The maximum Gasteiger partial charge on any atom is 0.224 e. The summed E-state index contributed by atoms with van der Waals surface area (Å²) in [7, 11) is 3.36. The molecule has 1 amide bonds. The van der Waals surface area contributed by atoms with Gasteiger partial charge in [0.15, 0.2) is 0 Å². The topological polar surface area (TPSA) is 73.7 Å². The molecule has 0 unspecified atom stereocenters. The van der Waals surface area contributed by atoms with Crippen molar-refractivity contribution in [3.05, 3.63) is 65.0 Å². The number of fused-ring (bicyclic) bond motifs is 1. The lowest BCUT2D eigenvalue weighted by atomic mass is 10.2. The average molecular weight is 381 g/mol. The van der Waals surface area contributed by atoms with Gasteiger partial charge in [0.25, 0.3) is 0 Å². The summed E-state index contributed by atoms with van der Waals surface area (Å²) in [5.74, 6) is 1.48. The Morgan fingerprint density at radius 2 is 1.82 bits per heavy atom. The van der Waals surface area contributed by atoms with Gasteiger partial charge in [0.1, 0.15) is 18.1 Å². The van der Waals surface area contributed by atoms with Crippen molar-refractivity contribution < 1.29 is 14.3 Å². The van der Waals surface area contributed by atoms with Crippen molar-refractivity contribution in [1.82, 2.24) is 14.7 Å². The van der Waals surface area contributed by atoms with Crippen molar-refractivity contribution in [3.63, 3.8) is 0 Å². The SMILES string of the molecule is COc1ccc(OCCN(C)C(=O)CCn2ncc(=O)c3ccccc32)cc1. The van der Waals surface area contributed by atoms with Gasteiger partial charge in [-0.05, 0) is 36.4 Å². The van der Waals surface area contributed by atoms with Gasteiger partial charge in [-0.15, -0.1) is 0 Å². The second-order valence-corrected chi connectivity index (χ2v) is 6.34. The molecule has 0 radical (unpaired) electrons. The number of hydrogen-bond donors (Lipinski definition) is 0. The van der Waals surface area contributed by atoms with Crippen molar-refractivity contribution in [2.75, 3.05) is 27.3 Å². The average Bonchev–Trinajstić information content (AvgIpc) is 2.73. The number of carbonyl (C=O) groups excluding carboxylic acids is 1. The van der Waals surface area contributed by atoms with Gasteiger partial charge in [-0.2, -0.15) is 5.10 Å². The third kappa shape index (κ3) is 4.68. The van der Waals surface area contributed by atoms with Crippen molar-refractivity contribution in [2.45, 2.75) is 13.0 Å². The summed E-state index contributed by atoms with van der Waals surface area (Å²) >= 11 is 0. The summed E-state index contributed by atoms with van der Waals surface area (Å²) in [4.78, 5) is 25.9. The second kappa shape index (κ2) is 9.03. The van der Waals surface area contributed by atoms with Crippen molar-refractivity contribution in [1.29, 1.82) is 0 Å². The number of amides is 1. The van der Waals surface area contributed by atoms with E-state index in [0.29, 0.717) is 31.5 Å². The van der Waals surface area contributed by atoms with E-state index >= 15 is 0 Å². The zero-order valence-corrected chi connectivity index (χ0v) is 16.0. The first-order chi connectivity index (χ1) is 13.6. The molecular formula is C21H23N3O4. The molecule has 0 spiro atoms. The highest BCUT2D eigenvalue weighted by molar-refractivity contribution is 5.79. The summed E-state index contributed by atoms with van der Waals surface area (Å²) in [5.41, 5.74) is 0.610. The summed E-state index contributed by atoms with van der Waals surface area (Å²) < 4.78 is 12.5. The largest absolute Gasteiger partial charge is 0.497 e. The lowest BCUT2D eigenvalue weighted by Crippen LogP contribution is -2.31. The molecule has 0 saturated carbocycles. The van der Waals surface area contributed by atoms with E-state index in [1.165, 1.54) is 6.20 Å². The molecule has 3 aromatic rings. The molecule has 0 atom stereocenters. The monoisotopic (exact) mass is 381 g/mol. The molecule has 2 aromatic carbocycles. The Bertz CT molecular complexity index is 998. The molecule has 7 nitrogen and oxygen atoms in total. The van der Waals surface area contributed by atoms with Gasteiger partial charge in [0, 0.05) is 18.9 Å². The van der Waals surface area contributed by atoms with E-state index in [0.717, 1.165) is 17.0 Å². The van der Waals surface area contributed by atoms with Crippen molar-refractivity contribution in [3.8, 4) is 11.5 Å². The van der Waals surface area contributed by atoms with Crippen LogP contribution in [0, 0.1) is 0 Å². The van der Waals surface area contributed by atoms with Crippen LogP contribution in [-0.4, -0.2) is 47.9 Å². The Morgan fingerprint density at radius 1 is 1.11 bits per heavy atom. The van der Waals surface area contributed by atoms with E-state index in [-0.39, 0.29) is 11.3 Å². The minimum Gasteiger partial charge on any atom is -0.497 e. The van der Waals surface area contributed by atoms with Crippen molar-refractivity contribution >= 4 is 16.8 Å². The number of methoxy groups -OCH3 is 1. The first-order valence-corrected chi connectivity index (χ1v) is 9.04. The highest BCUT2D eigenvalue weighted by Gasteiger charge is 2.11. The lowest BCUT2D eigenvalue weighted by molar-refractivity contribution is -0.130. The Morgan fingerprint density at radius 3 is 2.57 bits per heavy atom. The van der Waals surface area contributed by atoms with Crippen LogP contribution < -0.4 is 14.9 Å². The van der Waals surface area contributed by atoms with Gasteiger partial charge < -0.3 is 14.4 Å². The first-order valence-electron chi connectivity index (χ1n) is 9.04. The van der Waals surface area contributed by atoms with Gasteiger partial charge in [-0.3, -0.25) is 14.3 Å². The van der Waals surface area contributed by atoms with Gasteiger partial charge in [-0.1, -0.05) is 12.1 Å². The van der Waals surface area contributed by atoms with Crippen LogP contribution in [0.3, 0.4) is 0 Å². The van der Waals surface area contributed by atoms with Crippen molar-refractivity contribution in [2.24, 2.45) is 0 Å². The molecule has 0 fully saturated rings. The van der Waals surface area contributed by atoms with Crippen LogP contribution in [-0.2, 0) is 11.3 Å². The summed E-state index contributed by atoms with van der Waals surface area (Å²) in [6.45, 7) is 1.28. The number of para-hydroxylation sites is 1. The molecule has 0 bridgehead atoms. The third-order valence-corrected chi connectivity index (χ3v) is 4.48. The standard InChI is InChI=1S/C21H23N3O4/c1-23(13-14-28-17-9-7-16(27-2)8-10-17)21(26)11-12-24-19-6-4-3-5-18(19)20(25)15-22-24/h3-10,15H,11-14H2,1-2H3. The van der Waals surface area contributed by atoms with Gasteiger partial charge in [0.05, 0.1) is 31.9 Å². The fourth-order valence-corrected chi connectivity index (χ4v) is 2.83. The Kier molecular flexibility index (Phi) is 6.26. The van der Waals surface area contributed by atoms with Crippen LogP contribution in [0.5, 0.6) is 11.5 Å². The third-order valence-electron chi connectivity index (χ3n) is 4.48. The molecule has 146 valence electrons. The zero-order chi connectivity index (χ0) is 19.9. The maximum atomic E-state index is 12.4. The molecule has 3 rings (SSSR count). The highest BCUT2D eigenvalue weighted by Crippen LogP contribution is 2.16. The second-order valence-electron chi connectivity index (χ2n) is 6.34. The van der Waals surface area contributed by atoms with Crippen LogP contribution in [0.4, 0.5) is 0 Å². The lowest BCUT2D eigenvalue weighted by Gasteiger charge is -2.18. The zero-order valence-electron chi connectivity index (χ0n) is 16.0. The molecule has 28 heavy (non-hydrogen) atoms. The van der Waals surface area contributed by atoms with Gasteiger partial charge >= 0.3 is 0 Å². The van der Waals surface area contributed by atoms with Crippen LogP contribution in [0.2, 0.25) is 0 Å². The summed E-state index contributed by atoms with van der Waals surface area (Å²) in [5, 5.41) is 4.76. The van der Waals surface area contributed by atoms with Gasteiger partial charge in [0.2, 0.25) is 11.3 Å². The summed E-state index contributed by atoms with van der Waals surface area (Å²) in [6.07, 6.45) is 1.58. The Balaban J connectivity index is 1.50. The molecule has 0 aliphatic heterocycles. The highest BCUT2D eigenvalue weighted by atomic mass is 16.5. The Labute approximate surface area is 163 Å². The molecule has 1 heterocycles. The van der Waals surface area contributed by atoms with Crippen LogP contribution in [0.1, 0.15) is 6.42 Å². The number of rotatable bonds is 8. The quantitative estimate of drug-likeness (QED) is 0.599. The van der Waals surface area contributed by atoms with E-state index in [4.69, 9.17) is 9.47 Å². The number of carbonyl (C=O) groups is 1. The maximum absolute atomic E-state index is 12.4. The normalized spacial score (nSPS) is 10.6. The van der Waals surface area contributed by atoms with E-state index < -0.39 is 0 Å². The number of aromatic nitrogens is 2. The molecule has 1 aromatic heterocycles. The van der Waals surface area contributed by atoms with Crippen LogP contribution in [0.25, 0.3) is 10.9 Å². The predicted molar refractivity (Wildman–Crippen MR) is 107 cm³/mol.